The van der Waals surface area contributed by atoms with E-state index in [1.54, 1.807) is 0 Å². The molecule has 0 saturated heterocycles. The highest BCUT2D eigenvalue weighted by Crippen LogP contribution is 2.18. The van der Waals surface area contributed by atoms with E-state index in [0.29, 0.717) is 0 Å². The van der Waals surface area contributed by atoms with E-state index in [2.05, 4.69) is 27.7 Å². The fourth-order valence-electron chi connectivity index (χ4n) is 5.47. The van der Waals surface area contributed by atoms with Crippen molar-refractivity contribution in [2.75, 3.05) is 26.4 Å². The second-order valence-electron chi connectivity index (χ2n) is 12.7. The maximum Gasteiger partial charge on any atom is 0.332 e. The number of carbonyl (C=O) groups is 2. The van der Waals surface area contributed by atoms with Crippen LogP contribution in [-0.2, 0) is 28.5 Å². The number of carbonyl (C=O) groups excluding carboxylic acids is 2. The molecular formula is C37H72O7. The van der Waals surface area contributed by atoms with E-state index in [4.69, 9.17) is 18.9 Å². The zero-order chi connectivity index (χ0) is 32.5. The smallest absolute Gasteiger partial charge is 0.332 e. The molecule has 0 rings (SSSR count). The first kappa shape index (κ1) is 42.8. The summed E-state index contributed by atoms with van der Waals surface area (Å²) < 4.78 is 22.3. The van der Waals surface area contributed by atoms with E-state index in [9.17, 15) is 14.7 Å². The van der Waals surface area contributed by atoms with E-state index < -0.39 is 6.10 Å². The quantitative estimate of drug-likeness (QED) is 0.0560. The van der Waals surface area contributed by atoms with Gasteiger partial charge >= 0.3 is 11.9 Å². The molecule has 0 unspecified atom stereocenters. The zero-order valence-corrected chi connectivity index (χ0v) is 29.4. The molecular weight excluding hydrogens is 556 g/mol. The molecule has 0 aromatic rings. The minimum atomic E-state index is -0.934. The Morgan fingerprint density at radius 2 is 0.727 bits per heavy atom. The van der Waals surface area contributed by atoms with Gasteiger partial charge in [-0.2, -0.15) is 0 Å². The Kier molecular flexibility index (Phi) is 32.3. The summed E-state index contributed by atoms with van der Waals surface area (Å²) in [6.07, 6.45) is 26.3. The van der Waals surface area contributed by atoms with E-state index in [1.165, 1.54) is 103 Å². The Balaban J connectivity index is 4.33. The number of esters is 2. The average Bonchev–Trinajstić information content (AvgIpc) is 3.00. The fraction of sp³-hybridized carbons (Fsp3) is 0.946. The van der Waals surface area contributed by atoms with Crippen LogP contribution < -0.4 is 0 Å². The molecule has 0 saturated carbocycles. The van der Waals surface area contributed by atoms with Crippen LogP contribution in [0.15, 0.2) is 0 Å². The molecule has 0 radical (unpaired) electrons. The number of aliphatic hydroxyl groups is 1. The molecule has 0 atom stereocenters. The molecule has 262 valence electrons. The van der Waals surface area contributed by atoms with Crippen LogP contribution >= 0.6 is 0 Å². The summed E-state index contributed by atoms with van der Waals surface area (Å²) in [6.45, 7) is 8.34. The first-order chi connectivity index (χ1) is 21.5. The summed E-state index contributed by atoms with van der Waals surface area (Å²) in [7, 11) is 0. The van der Waals surface area contributed by atoms with Crippen molar-refractivity contribution in [3.05, 3.63) is 0 Å². The first-order valence-electron chi connectivity index (χ1n) is 18.7. The predicted molar refractivity (Wildman–Crippen MR) is 181 cm³/mol. The molecule has 0 heterocycles. The Labute approximate surface area is 271 Å². The van der Waals surface area contributed by atoms with Crippen molar-refractivity contribution in [3.8, 4) is 0 Å². The Hall–Kier alpha value is -1.18. The van der Waals surface area contributed by atoms with Crippen LogP contribution in [0.4, 0.5) is 0 Å². The first-order valence-corrected chi connectivity index (χ1v) is 18.7. The standard InChI is InChI=1S/C37H72O7/c1-5-9-13-17-21-25-34(26-22-18-14-10-6-2)43-36(39)31-41-29-33(38)30-42-32-37(40)44-35(27-23-19-15-11-7-3)28-24-20-16-12-8-4/h33-35,38H,5-32H2,1-4H3. The molecule has 44 heavy (non-hydrogen) atoms. The van der Waals surface area contributed by atoms with Gasteiger partial charge in [-0.05, 0) is 51.4 Å². The molecule has 0 aromatic heterocycles. The van der Waals surface area contributed by atoms with Crippen molar-refractivity contribution in [1.29, 1.82) is 0 Å². The normalized spacial score (nSPS) is 11.6. The topological polar surface area (TPSA) is 91.3 Å². The summed E-state index contributed by atoms with van der Waals surface area (Å²) in [4.78, 5) is 24.9. The number of rotatable bonds is 34. The van der Waals surface area contributed by atoms with Gasteiger partial charge in [0.25, 0.3) is 0 Å². The number of ether oxygens (including phenoxy) is 4. The van der Waals surface area contributed by atoms with Crippen molar-refractivity contribution < 1.29 is 33.6 Å². The predicted octanol–water partition coefficient (Wildman–Crippen LogP) is 9.65. The molecule has 0 aliphatic carbocycles. The zero-order valence-electron chi connectivity index (χ0n) is 29.4. The molecule has 1 N–H and O–H groups in total. The van der Waals surface area contributed by atoms with Crippen LogP contribution in [0, 0.1) is 0 Å². The minimum absolute atomic E-state index is 0.0546. The summed E-state index contributed by atoms with van der Waals surface area (Å²) in [5, 5.41) is 10.2. The lowest BCUT2D eigenvalue weighted by Gasteiger charge is -2.19. The van der Waals surface area contributed by atoms with Gasteiger partial charge in [-0.1, -0.05) is 130 Å². The SMILES string of the molecule is CCCCCCCC(CCCCCCC)OC(=O)COCC(O)COCC(=O)OC(CCCCCCC)CCCCCCC. The maximum atomic E-state index is 12.4. The van der Waals surface area contributed by atoms with E-state index >= 15 is 0 Å². The molecule has 0 fully saturated rings. The van der Waals surface area contributed by atoms with Crippen LogP contribution in [0.2, 0.25) is 0 Å². The highest BCUT2D eigenvalue weighted by atomic mass is 16.6. The van der Waals surface area contributed by atoms with Crippen molar-refractivity contribution >= 4 is 11.9 Å². The van der Waals surface area contributed by atoms with Gasteiger partial charge in [0.2, 0.25) is 0 Å². The second kappa shape index (κ2) is 33.2. The van der Waals surface area contributed by atoms with Crippen molar-refractivity contribution in [1.82, 2.24) is 0 Å². The van der Waals surface area contributed by atoms with Crippen molar-refractivity contribution in [3.63, 3.8) is 0 Å². The van der Waals surface area contributed by atoms with E-state index in [1.807, 2.05) is 0 Å². The van der Waals surface area contributed by atoms with Crippen LogP contribution in [0.5, 0.6) is 0 Å². The van der Waals surface area contributed by atoms with Gasteiger partial charge < -0.3 is 24.1 Å². The van der Waals surface area contributed by atoms with Crippen LogP contribution in [0.3, 0.4) is 0 Å². The van der Waals surface area contributed by atoms with E-state index in [-0.39, 0.29) is 50.6 Å². The van der Waals surface area contributed by atoms with Crippen LogP contribution in [0.25, 0.3) is 0 Å². The highest BCUT2D eigenvalue weighted by molar-refractivity contribution is 5.71. The second-order valence-corrected chi connectivity index (χ2v) is 12.7. The average molecular weight is 629 g/mol. The third-order valence-corrected chi connectivity index (χ3v) is 8.18. The van der Waals surface area contributed by atoms with Crippen LogP contribution in [-0.4, -0.2) is 61.8 Å². The Morgan fingerprint density at radius 1 is 0.455 bits per heavy atom. The highest BCUT2D eigenvalue weighted by Gasteiger charge is 2.17. The lowest BCUT2D eigenvalue weighted by molar-refractivity contribution is -0.158. The van der Waals surface area contributed by atoms with Gasteiger partial charge in [-0.25, -0.2) is 9.59 Å². The molecule has 0 amide bonds. The molecule has 0 aliphatic heterocycles. The summed E-state index contributed by atoms with van der Waals surface area (Å²) in [5.74, 6) is -0.770. The van der Waals surface area contributed by atoms with Gasteiger partial charge in [0.15, 0.2) is 0 Å². The molecule has 7 heteroatoms. The maximum absolute atomic E-state index is 12.4. The number of hydrogen-bond donors (Lipinski definition) is 1. The van der Waals surface area contributed by atoms with Gasteiger partial charge in [-0.3, -0.25) is 0 Å². The molecule has 0 aliphatic rings. The van der Waals surface area contributed by atoms with Gasteiger partial charge in [0.05, 0.1) is 13.2 Å². The summed E-state index contributed by atoms with van der Waals surface area (Å²) in [5.41, 5.74) is 0. The summed E-state index contributed by atoms with van der Waals surface area (Å²) in [6, 6.07) is 0. The number of aliphatic hydroxyl groups excluding tert-OH is 1. The van der Waals surface area contributed by atoms with Gasteiger partial charge in [0.1, 0.15) is 31.5 Å². The third-order valence-electron chi connectivity index (χ3n) is 8.18. The number of hydrogen-bond acceptors (Lipinski definition) is 7. The fourth-order valence-corrected chi connectivity index (χ4v) is 5.47. The lowest BCUT2D eigenvalue weighted by atomic mass is 10.0. The largest absolute Gasteiger partial charge is 0.461 e. The third kappa shape index (κ3) is 29.5. The Bertz CT molecular complexity index is 547. The van der Waals surface area contributed by atoms with Gasteiger partial charge in [-0.15, -0.1) is 0 Å². The van der Waals surface area contributed by atoms with Crippen molar-refractivity contribution in [2.45, 2.75) is 200 Å². The lowest BCUT2D eigenvalue weighted by Crippen LogP contribution is -2.28. The molecule has 0 spiro atoms. The van der Waals surface area contributed by atoms with E-state index in [0.717, 1.165) is 51.4 Å². The number of unbranched alkanes of at least 4 members (excludes halogenated alkanes) is 16. The molecule has 0 aromatic carbocycles. The minimum Gasteiger partial charge on any atom is -0.461 e. The summed E-state index contributed by atoms with van der Waals surface area (Å²) >= 11 is 0. The van der Waals surface area contributed by atoms with Crippen LogP contribution in [0.1, 0.15) is 182 Å². The molecule has 0 bridgehead atoms. The Morgan fingerprint density at radius 3 is 1.00 bits per heavy atom. The van der Waals surface area contributed by atoms with Gasteiger partial charge in [0, 0.05) is 0 Å². The molecule has 7 nitrogen and oxygen atoms in total. The monoisotopic (exact) mass is 629 g/mol. The van der Waals surface area contributed by atoms with Crippen molar-refractivity contribution in [2.24, 2.45) is 0 Å².